The minimum Gasteiger partial charge on any atom is -0.367 e. The maximum atomic E-state index is 3.40. The Bertz CT molecular complexity index is 419. The Morgan fingerprint density at radius 3 is 2.84 bits per heavy atom. The van der Waals surface area contributed by atoms with Crippen molar-refractivity contribution in [1.82, 2.24) is 5.32 Å². The third kappa shape index (κ3) is 3.46. The van der Waals surface area contributed by atoms with E-state index in [9.17, 15) is 0 Å². The smallest absolute Gasteiger partial charge is 0.0378 e. The summed E-state index contributed by atoms with van der Waals surface area (Å²) in [6, 6.07) is 7.55. The van der Waals surface area contributed by atoms with E-state index in [0.717, 1.165) is 18.3 Å². The SMILES string of the molecule is CCNCc1ccc(N2CCSC(C)C2C)cc1C. The van der Waals surface area contributed by atoms with Crippen molar-refractivity contribution in [3.63, 3.8) is 0 Å². The number of nitrogens with zero attached hydrogens (tertiary/aromatic N) is 1. The molecule has 1 saturated heterocycles. The summed E-state index contributed by atoms with van der Waals surface area (Å²) in [6.07, 6.45) is 0. The van der Waals surface area contributed by atoms with E-state index < -0.39 is 0 Å². The quantitative estimate of drug-likeness (QED) is 0.908. The molecule has 0 aromatic heterocycles. The standard InChI is InChI=1S/C16H26N2S/c1-5-17-11-15-6-7-16(10-12(15)2)18-8-9-19-14(4)13(18)3/h6-7,10,13-14,17H,5,8-9,11H2,1-4H3. The Labute approximate surface area is 122 Å². The van der Waals surface area contributed by atoms with Gasteiger partial charge in [0.25, 0.3) is 0 Å². The lowest BCUT2D eigenvalue weighted by Gasteiger charge is -2.39. The van der Waals surface area contributed by atoms with Crippen LogP contribution in [0.2, 0.25) is 0 Å². The fraction of sp³-hybridized carbons (Fsp3) is 0.625. The van der Waals surface area contributed by atoms with Crippen molar-refractivity contribution in [2.45, 2.75) is 45.5 Å². The molecule has 0 saturated carbocycles. The van der Waals surface area contributed by atoms with E-state index in [1.165, 1.54) is 29.1 Å². The first kappa shape index (κ1) is 14.7. The van der Waals surface area contributed by atoms with Gasteiger partial charge in [0.15, 0.2) is 0 Å². The molecule has 3 heteroatoms. The Morgan fingerprint density at radius 1 is 1.37 bits per heavy atom. The Balaban J connectivity index is 2.14. The highest BCUT2D eigenvalue weighted by Gasteiger charge is 2.25. The van der Waals surface area contributed by atoms with Gasteiger partial charge >= 0.3 is 0 Å². The van der Waals surface area contributed by atoms with Crippen LogP contribution in [0, 0.1) is 6.92 Å². The molecule has 2 nitrogen and oxygen atoms in total. The Morgan fingerprint density at radius 2 is 2.16 bits per heavy atom. The van der Waals surface area contributed by atoms with E-state index in [0.29, 0.717) is 6.04 Å². The van der Waals surface area contributed by atoms with Gasteiger partial charge in [0, 0.05) is 35.8 Å². The van der Waals surface area contributed by atoms with Crippen LogP contribution in [0.5, 0.6) is 0 Å². The molecule has 1 aromatic carbocycles. The molecule has 0 aliphatic carbocycles. The van der Waals surface area contributed by atoms with E-state index in [1.807, 2.05) is 0 Å². The van der Waals surface area contributed by atoms with Crippen LogP contribution in [-0.2, 0) is 6.54 Å². The van der Waals surface area contributed by atoms with E-state index in [1.54, 1.807) is 0 Å². The molecule has 1 N–H and O–H groups in total. The Kier molecular flexibility index (Phi) is 5.17. The van der Waals surface area contributed by atoms with E-state index in [2.05, 4.69) is 67.9 Å². The van der Waals surface area contributed by atoms with Crippen molar-refractivity contribution >= 4 is 17.4 Å². The number of anilines is 1. The average molecular weight is 278 g/mol. The molecule has 2 unspecified atom stereocenters. The first-order valence-electron chi connectivity index (χ1n) is 7.32. The zero-order chi connectivity index (χ0) is 13.8. The summed E-state index contributed by atoms with van der Waals surface area (Å²) in [6.45, 7) is 12.2. The fourth-order valence-electron chi connectivity index (χ4n) is 2.61. The van der Waals surface area contributed by atoms with Crippen molar-refractivity contribution < 1.29 is 0 Å². The fourth-order valence-corrected chi connectivity index (χ4v) is 3.71. The molecule has 0 bridgehead atoms. The van der Waals surface area contributed by atoms with E-state index in [4.69, 9.17) is 0 Å². The first-order chi connectivity index (χ1) is 9.13. The molecule has 0 amide bonds. The summed E-state index contributed by atoms with van der Waals surface area (Å²) in [5, 5.41) is 4.12. The number of rotatable bonds is 4. The lowest BCUT2D eigenvalue weighted by Crippen LogP contribution is -2.44. The van der Waals surface area contributed by atoms with Gasteiger partial charge < -0.3 is 10.2 Å². The molecule has 1 aliphatic heterocycles. The maximum absolute atomic E-state index is 3.40. The van der Waals surface area contributed by atoms with Crippen molar-refractivity contribution in [2.75, 3.05) is 23.7 Å². The van der Waals surface area contributed by atoms with Gasteiger partial charge in [-0.25, -0.2) is 0 Å². The molecule has 1 fully saturated rings. The van der Waals surface area contributed by atoms with Gasteiger partial charge in [-0.1, -0.05) is 19.9 Å². The number of benzene rings is 1. The molecule has 2 rings (SSSR count). The van der Waals surface area contributed by atoms with Crippen LogP contribution in [0.15, 0.2) is 18.2 Å². The molecular weight excluding hydrogens is 252 g/mol. The van der Waals surface area contributed by atoms with Crippen LogP contribution in [0.3, 0.4) is 0 Å². The minimum absolute atomic E-state index is 0.623. The van der Waals surface area contributed by atoms with Gasteiger partial charge in [-0.2, -0.15) is 11.8 Å². The number of thioether (sulfide) groups is 1. The van der Waals surface area contributed by atoms with Gasteiger partial charge in [-0.3, -0.25) is 0 Å². The summed E-state index contributed by atoms with van der Waals surface area (Å²) in [4.78, 5) is 2.56. The molecule has 1 heterocycles. The normalized spacial score (nSPS) is 23.7. The zero-order valence-electron chi connectivity index (χ0n) is 12.6. The van der Waals surface area contributed by atoms with Gasteiger partial charge in [0.1, 0.15) is 0 Å². The van der Waals surface area contributed by atoms with Crippen LogP contribution in [0.1, 0.15) is 31.9 Å². The number of hydrogen-bond acceptors (Lipinski definition) is 3. The van der Waals surface area contributed by atoms with Gasteiger partial charge in [0.05, 0.1) is 0 Å². The largest absolute Gasteiger partial charge is 0.367 e. The van der Waals surface area contributed by atoms with Crippen molar-refractivity contribution in [3.8, 4) is 0 Å². The minimum atomic E-state index is 0.623. The van der Waals surface area contributed by atoms with Crippen molar-refractivity contribution in [3.05, 3.63) is 29.3 Å². The molecule has 2 atom stereocenters. The monoisotopic (exact) mass is 278 g/mol. The molecule has 1 aliphatic rings. The highest BCUT2D eigenvalue weighted by atomic mass is 32.2. The topological polar surface area (TPSA) is 15.3 Å². The molecular formula is C16H26N2S. The van der Waals surface area contributed by atoms with Crippen LogP contribution in [-0.4, -0.2) is 30.1 Å². The predicted octanol–water partition coefficient (Wildman–Crippen LogP) is 3.43. The van der Waals surface area contributed by atoms with Gasteiger partial charge in [-0.05, 0) is 43.7 Å². The van der Waals surface area contributed by atoms with Gasteiger partial charge in [-0.15, -0.1) is 0 Å². The number of hydrogen-bond donors (Lipinski definition) is 1. The summed E-state index contributed by atoms with van der Waals surface area (Å²) in [5.41, 5.74) is 4.20. The summed E-state index contributed by atoms with van der Waals surface area (Å²) in [5.74, 6) is 1.24. The highest BCUT2D eigenvalue weighted by molar-refractivity contribution is 8.00. The van der Waals surface area contributed by atoms with Gasteiger partial charge in [0.2, 0.25) is 0 Å². The first-order valence-corrected chi connectivity index (χ1v) is 8.37. The zero-order valence-corrected chi connectivity index (χ0v) is 13.4. The van der Waals surface area contributed by atoms with Crippen molar-refractivity contribution in [1.29, 1.82) is 0 Å². The van der Waals surface area contributed by atoms with Crippen molar-refractivity contribution in [2.24, 2.45) is 0 Å². The van der Waals surface area contributed by atoms with Crippen LogP contribution >= 0.6 is 11.8 Å². The van der Waals surface area contributed by atoms with E-state index in [-0.39, 0.29) is 0 Å². The lowest BCUT2D eigenvalue weighted by molar-refractivity contribution is 0.627. The average Bonchev–Trinajstić information content (AvgIpc) is 2.40. The molecule has 106 valence electrons. The summed E-state index contributed by atoms with van der Waals surface area (Å²) in [7, 11) is 0. The second kappa shape index (κ2) is 6.67. The third-order valence-electron chi connectivity index (χ3n) is 4.11. The number of nitrogens with one attached hydrogen (secondary N) is 1. The second-order valence-electron chi connectivity index (χ2n) is 5.40. The molecule has 0 spiro atoms. The molecule has 1 aromatic rings. The molecule has 19 heavy (non-hydrogen) atoms. The highest BCUT2D eigenvalue weighted by Crippen LogP contribution is 2.30. The second-order valence-corrected chi connectivity index (χ2v) is 6.89. The molecule has 0 radical (unpaired) electrons. The predicted molar refractivity (Wildman–Crippen MR) is 87.3 cm³/mol. The maximum Gasteiger partial charge on any atom is 0.0378 e. The summed E-state index contributed by atoms with van der Waals surface area (Å²) >= 11 is 2.09. The Hall–Kier alpha value is -0.670. The summed E-state index contributed by atoms with van der Waals surface area (Å²) < 4.78 is 0. The van der Waals surface area contributed by atoms with Crippen LogP contribution < -0.4 is 10.2 Å². The van der Waals surface area contributed by atoms with Crippen LogP contribution in [0.25, 0.3) is 0 Å². The van der Waals surface area contributed by atoms with Crippen LogP contribution in [0.4, 0.5) is 5.69 Å². The lowest BCUT2D eigenvalue weighted by atomic mass is 10.1. The number of aryl methyl sites for hydroxylation is 1. The third-order valence-corrected chi connectivity index (χ3v) is 5.45. The van der Waals surface area contributed by atoms with E-state index >= 15 is 0 Å².